The van der Waals surface area contributed by atoms with Crippen molar-refractivity contribution in [1.82, 2.24) is 0 Å². The third kappa shape index (κ3) is 5.29. The number of anilines is 1. The molecule has 1 aromatic rings. The Hall–Kier alpha value is -1.42. The van der Waals surface area contributed by atoms with Crippen molar-refractivity contribution in [3.63, 3.8) is 0 Å². The molecule has 0 aliphatic carbocycles. The molecule has 3 nitrogen and oxygen atoms in total. The van der Waals surface area contributed by atoms with Crippen LogP contribution in [0, 0.1) is 24.6 Å². The third-order valence-corrected chi connectivity index (χ3v) is 3.68. The van der Waals surface area contributed by atoms with Gasteiger partial charge in [-0.3, -0.25) is 4.79 Å². The average Bonchev–Trinajstić information content (AvgIpc) is 2.38. The van der Waals surface area contributed by atoms with Crippen molar-refractivity contribution in [2.45, 2.75) is 40.0 Å². The summed E-state index contributed by atoms with van der Waals surface area (Å²) in [7, 11) is 0. The van der Waals surface area contributed by atoms with E-state index in [0.29, 0.717) is 36.1 Å². The van der Waals surface area contributed by atoms with Gasteiger partial charge < -0.3 is 11.1 Å². The molecule has 0 radical (unpaired) electrons. The SMILES string of the molecule is Cc1ccc(NC(=O)CCC(CCN)C(C)C)cc1F. The van der Waals surface area contributed by atoms with Gasteiger partial charge in [0, 0.05) is 12.1 Å². The van der Waals surface area contributed by atoms with Gasteiger partial charge in [-0.05, 0) is 55.8 Å². The quantitative estimate of drug-likeness (QED) is 0.803. The lowest BCUT2D eigenvalue weighted by Gasteiger charge is -2.19. The second-order valence-corrected chi connectivity index (χ2v) is 5.63. The first-order valence-electron chi connectivity index (χ1n) is 7.20. The summed E-state index contributed by atoms with van der Waals surface area (Å²) in [5.41, 5.74) is 6.67. The number of hydrogen-bond acceptors (Lipinski definition) is 2. The van der Waals surface area contributed by atoms with E-state index in [-0.39, 0.29) is 11.7 Å². The highest BCUT2D eigenvalue weighted by Gasteiger charge is 2.14. The minimum atomic E-state index is -0.300. The van der Waals surface area contributed by atoms with Crippen molar-refractivity contribution in [2.24, 2.45) is 17.6 Å². The molecule has 1 amide bonds. The molecule has 0 aromatic heterocycles. The number of hydrogen-bond donors (Lipinski definition) is 2. The van der Waals surface area contributed by atoms with E-state index in [1.807, 2.05) is 0 Å². The number of rotatable bonds is 7. The Morgan fingerprint density at radius 2 is 2.05 bits per heavy atom. The molecule has 0 spiro atoms. The van der Waals surface area contributed by atoms with E-state index < -0.39 is 0 Å². The van der Waals surface area contributed by atoms with Gasteiger partial charge in [-0.1, -0.05) is 19.9 Å². The summed E-state index contributed by atoms with van der Waals surface area (Å²) in [5, 5.41) is 2.74. The van der Waals surface area contributed by atoms with Crippen LogP contribution in [0.5, 0.6) is 0 Å². The molecule has 1 atom stereocenters. The fraction of sp³-hybridized carbons (Fsp3) is 0.562. The van der Waals surface area contributed by atoms with Crippen LogP contribution in [-0.4, -0.2) is 12.5 Å². The molecule has 0 saturated carbocycles. The van der Waals surface area contributed by atoms with Gasteiger partial charge in [0.05, 0.1) is 0 Å². The molecular formula is C16H25FN2O. The summed E-state index contributed by atoms with van der Waals surface area (Å²) in [5.74, 6) is 0.602. The lowest BCUT2D eigenvalue weighted by atomic mass is 9.88. The largest absolute Gasteiger partial charge is 0.330 e. The lowest BCUT2D eigenvalue weighted by Crippen LogP contribution is -2.18. The minimum absolute atomic E-state index is 0.0732. The van der Waals surface area contributed by atoms with Crippen molar-refractivity contribution in [1.29, 1.82) is 0 Å². The number of nitrogens with two attached hydrogens (primary N) is 1. The van der Waals surface area contributed by atoms with Gasteiger partial charge in [-0.2, -0.15) is 0 Å². The Labute approximate surface area is 120 Å². The van der Waals surface area contributed by atoms with Crippen LogP contribution < -0.4 is 11.1 Å². The average molecular weight is 280 g/mol. The molecule has 0 aliphatic heterocycles. The first-order chi connectivity index (χ1) is 9.43. The topological polar surface area (TPSA) is 55.1 Å². The summed E-state index contributed by atoms with van der Waals surface area (Å²) < 4.78 is 13.4. The van der Waals surface area contributed by atoms with Crippen LogP contribution in [0.15, 0.2) is 18.2 Å². The normalized spacial score (nSPS) is 12.5. The van der Waals surface area contributed by atoms with E-state index >= 15 is 0 Å². The van der Waals surface area contributed by atoms with Crippen LogP contribution in [0.4, 0.5) is 10.1 Å². The van der Waals surface area contributed by atoms with Crippen molar-refractivity contribution >= 4 is 11.6 Å². The summed E-state index contributed by atoms with van der Waals surface area (Å²) in [4.78, 5) is 11.9. The van der Waals surface area contributed by atoms with Gasteiger partial charge in [0.15, 0.2) is 0 Å². The summed E-state index contributed by atoms with van der Waals surface area (Å²) in [6.45, 7) is 6.63. The Morgan fingerprint density at radius 3 is 2.60 bits per heavy atom. The number of aryl methyl sites for hydroxylation is 1. The highest BCUT2D eigenvalue weighted by Crippen LogP contribution is 2.21. The molecular weight excluding hydrogens is 255 g/mol. The standard InChI is InChI=1S/C16H25FN2O/c1-11(2)13(8-9-18)5-7-16(20)19-14-6-4-12(3)15(17)10-14/h4,6,10-11,13H,5,7-9,18H2,1-3H3,(H,19,20). The van der Waals surface area contributed by atoms with E-state index in [2.05, 4.69) is 19.2 Å². The lowest BCUT2D eigenvalue weighted by molar-refractivity contribution is -0.116. The molecule has 0 aliphatic rings. The maximum absolute atomic E-state index is 13.4. The predicted molar refractivity (Wildman–Crippen MR) is 81.0 cm³/mol. The highest BCUT2D eigenvalue weighted by molar-refractivity contribution is 5.90. The zero-order valence-corrected chi connectivity index (χ0v) is 12.6. The monoisotopic (exact) mass is 280 g/mol. The molecule has 0 bridgehead atoms. The van der Waals surface area contributed by atoms with Gasteiger partial charge in [0.25, 0.3) is 0 Å². The Bertz CT molecular complexity index is 446. The first-order valence-corrected chi connectivity index (χ1v) is 7.20. The van der Waals surface area contributed by atoms with E-state index in [4.69, 9.17) is 5.73 Å². The highest BCUT2D eigenvalue weighted by atomic mass is 19.1. The summed E-state index contributed by atoms with van der Waals surface area (Å²) >= 11 is 0. The molecule has 0 saturated heterocycles. The van der Waals surface area contributed by atoms with E-state index in [1.54, 1.807) is 19.1 Å². The number of carbonyl (C=O) groups is 1. The Balaban J connectivity index is 2.48. The fourth-order valence-electron chi connectivity index (χ4n) is 2.24. The first kappa shape index (κ1) is 16.6. The molecule has 20 heavy (non-hydrogen) atoms. The molecule has 112 valence electrons. The number of benzene rings is 1. The van der Waals surface area contributed by atoms with Gasteiger partial charge in [-0.15, -0.1) is 0 Å². The second-order valence-electron chi connectivity index (χ2n) is 5.63. The van der Waals surface area contributed by atoms with E-state index in [1.165, 1.54) is 6.07 Å². The minimum Gasteiger partial charge on any atom is -0.330 e. The number of nitrogens with one attached hydrogen (secondary N) is 1. The van der Waals surface area contributed by atoms with Crippen LogP contribution in [0.25, 0.3) is 0 Å². The van der Waals surface area contributed by atoms with Crippen LogP contribution >= 0.6 is 0 Å². The number of halogens is 1. The third-order valence-electron chi connectivity index (χ3n) is 3.68. The van der Waals surface area contributed by atoms with Crippen LogP contribution in [-0.2, 0) is 4.79 Å². The maximum Gasteiger partial charge on any atom is 0.224 e. The van der Waals surface area contributed by atoms with Gasteiger partial charge in [-0.25, -0.2) is 4.39 Å². The second kappa shape index (κ2) is 8.00. The van der Waals surface area contributed by atoms with Crippen molar-refractivity contribution in [3.05, 3.63) is 29.6 Å². The van der Waals surface area contributed by atoms with E-state index in [9.17, 15) is 9.18 Å². The molecule has 4 heteroatoms. The molecule has 1 aromatic carbocycles. The van der Waals surface area contributed by atoms with Gasteiger partial charge in [0.2, 0.25) is 5.91 Å². The molecule has 1 rings (SSSR count). The van der Waals surface area contributed by atoms with Crippen molar-refractivity contribution in [3.8, 4) is 0 Å². The van der Waals surface area contributed by atoms with Crippen molar-refractivity contribution < 1.29 is 9.18 Å². The Morgan fingerprint density at radius 1 is 1.35 bits per heavy atom. The van der Waals surface area contributed by atoms with Gasteiger partial charge in [0.1, 0.15) is 5.82 Å². The fourth-order valence-corrected chi connectivity index (χ4v) is 2.24. The van der Waals surface area contributed by atoms with E-state index in [0.717, 1.165) is 12.8 Å². The zero-order valence-electron chi connectivity index (χ0n) is 12.6. The molecule has 0 fully saturated rings. The summed E-state index contributed by atoms with van der Waals surface area (Å²) in [6.07, 6.45) is 2.19. The predicted octanol–water partition coefficient (Wildman–Crippen LogP) is 3.47. The maximum atomic E-state index is 13.4. The van der Waals surface area contributed by atoms with Crippen LogP contribution in [0.3, 0.4) is 0 Å². The molecule has 1 unspecified atom stereocenters. The number of carbonyl (C=O) groups excluding carboxylic acids is 1. The van der Waals surface area contributed by atoms with Gasteiger partial charge >= 0.3 is 0 Å². The van der Waals surface area contributed by atoms with Crippen LogP contribution in [0.1, 0.15) is 38.7 Å². The molecule has 0 heterocycles. The smallest absolute Gasteiger partial charge is 0.224 e. The number of amides is 1. The zero-order chi connectivity index (χ0) is 15.1. The summed E-state index contributed by atoms with van der Waals surface area (Å²) in [6, 6.07) is 4.74. The Kier molecular flexibility index (Phi) is 6.65. The van der Waals surface area contributed by atoms with Crippen LogP contribution in [0.2, 0.25) is 0 Å². The van der Waals surface area contributed by atoms with Crippen molar-refractivity contribution in [2.75, 3.05) is 11.9 Å². The molecule has 3 N–H and O–H groups in total.